The van der Waals surface area contributed by atoms with E-state index in [0.29, 0.717) is 0 Å². The molecular formula is C13H16Cl3NSe. The third-order valence-corrected chi connectivity index (χ3v) is 11.5. The van der Waals surface area contributed by atoms with Gasteiger partial charge in [-0.2, -0.15) is 0 Å². The topological polar surface area (TPSA) is 3.24 Å². The fourth-order valence-corrected chi connectivity index (χ4v) is 9.58. The normalized spacial score (nSPS) is 19.2. The molecule has 100 valence electrons. The molecule has 0 amide bonds. The van der Waals surface area contributed by atoms with Crippen molar-refractivity contribution in [1.29, 1.82) is 0 Å². The van der Waals surface area contributed by atoms with Gasteiger partial charge in [0.25, 0.3) is 0 Å². The van der Waals surface area contributed by atoms with E-state index in [9.17, 15) is 0 Å². The maximum atomic E-state index is 6.67. The first-order valence-electron chi connectivity index (χ1n) is 5.95. The van der Waals surface area contributed by atoms with Gasteiger partial charge in [-0.15, -0.1) is 0 Å². The Bertz CT molecular complexity index is 481. The van der Waals surface area contributed by atoms with E-state index in [-0.39, 0.29) is 0 Å². The van der Waals surface area contributed by atoms with Crippen LogP contribution in [-0.2, 0) is 0 Å². The minimum atomic E-state index is -2.80. The van der Waals surface area contributed by atoms with Gasteiger partial charge in [0.1, 0.15) is 0 Å². The molecule has 1 nitrogen and oxygen atoms in total. The van der Waals surface area contributed by atoms with Gasteiger partial charge in [-0.1, -0.05) is 0 Å². The van der Waals surface area contributed by atoms with Crippen molar-refractivity contribution in [3.05, 3.63) is 34.3 Å². The van der Waals surface area contributed by atoms with Crippen LogP contribution in [0.3, 0.4) is 0 Å². The van der Waals surface area contributed by atoms with Crippen LogP contribution >= 0.6 is 31.8 Å². The van der Waals surface area contributed by atoms with Gasteiger partial charge in [0.05, 0.1) is 0 Å². The standard InChI is InChI=1S/C13H16Cl3NSe/c1-3-17(4-2)9-12-13(14)10-7-5-6-8-11(10)18(12,15)16/h5-8H,3-4,9H2,1-2H3. The fourth-order valence-electron chi connectivity index (χ4n) is 2.07. The minimum absolute atomic E-state index is 0.766. The second kappa shape index (κ2) is 5.75. The molecule has 1 aliphatic rings. The molecule has 0 saturated carbocycles. The summed E-state index contributed by atoms with van der Waals surface area (Å²) in [6, 6.07) is 7.96. The van der Waals surface area contributed by atoms with E-state index in [1.54, 1.807) is 0 Å². The van der Waals surface area contributed by atoms with Gasteiger partial charge >= 0.3 is 125 Å². The second-order valence-electron chi connectivity index (χ2n) is 4.16. The molecule has 1 aromatic rings. The van der Waals surface area contributed by atoms with Gasteiger partial charge in [-0.05, 0) is 0 Å². The van der Waals surface area contributed by atoms with Crippen LogP contribution in [0.1, 0.15) is 19.4 Å². The SMILES string of the molecule is CCN(CC)CC1=C(Cl)c2ccccc2[Se]1(Cl)Cl. The number of fused-ring (bicyclic) bond motifs is 1. The summed E-state index contributed by atoms with van der Waals surface area (Å²) in [4.78, 5) is 2.29. The van der Waals surface area contributed by atoms with Crippen molar-refractivity contribution in [2.75, 3.05) is 19.6 Å². The van der Waals surface area contributed by atoms with E-state index in [2.05, 4.69) is 18.7 Å². The van der Waals surface area contributed by atoms with Crippen molar-refractivity contribution in [3.8, 4) is 0 Å². The molecule has 0 fully saturated rings. The van der Waals surface area contributed by atoms with Crippen LogP contribution in [0.15, 0.2) is 28.7 Å². The van der Waals surface area contributed by atoms with Crippen molar-refractivity contribution in [3.63, 3.8) is 0 Å². The third kappa shape index (κ3) is 2.47. The number of rotatable bonds is 4. The number of halogens is 3. The van der Waals surface area contributed by atoms with Crippen molar-refractivity contribution in [1.82, 2.24) is 4.90 Å². The second-order valence-corrected chi connectivity index (χ2v) is 14.1. The summed E-state index contributed by atoms with van der Waals surface area (Å²) in [5, 5.41) is 0.766. The molecule has 18 heavy (non-hydrogen) atoms. The first-order valence-corrected chi connectivity index (χ1v) is 12.5. The average Bonchev–Trinajstić information content (AvgIpc) is 2.57. The summed E-state index contributed by atoms with van der Waals surface area (Å²) in [5.41, 5.74) is 1.02. The molecular weight excluding hydrogens is 355 g/mol. The van der Waals surface area contributed by atoms with Crippen LogP contribution in [0.2, 0.25) is 0 Å². The molecule has 1 heterocycles. The van der Waals surface area contributed by atoms with Crippen LogP contribution in [-0.4, -0.2) is 35.6 Å². The number of nitrogens with zero attached hydrogens (tertiary/aromatic N) is 1. The third-order valence-electron chi connectivity index (χ3n) is 3.22. The zero-order valence-electron chi connectivity index (χ0n) is 10.4. The zero-order chi connectivity index (χ0) is 13.3. The van der Waals surface area contributed by atoms with Crippen molar-refractivity contribution in [2.24, 2.45) is 0 Å². The number of hydrogen-bond acceptors (Lipinski definition) is 1. The van der Waals surface area contributed by atoms with Crippen LogP contribution in [0.5, 0.6) is 0 Å². The van der Waals surface area contributed by atoms with Gasteiger partial charge in [-0.3, -0.25) is 0 Å². The molecule has 0 saturated heterocycles. The molecule has 0 aromatic heterocycles. The van der Waals surface area contributed by atoms with Crippen molar-refractivity contribution in [2.45, 2.75) is 13.8 Å². The van der Waals surface area contributed by atoms with Crippen molar-refractivity contribution < 1.29 is 0 Å². The first-order chi connectivity index (χ1) is 8.52. The van der Waals surface area contributed by atoms with Crippen LogP contribution in [0, 0.1) is 0 Å². The van der Waals surface area contributed by atoms with Crippen LogP contribution in [0.4, 0.5) is 0 Å². The quantitative estimate of drug-likeness (QED) is 0.730. The summed E-state index contributed by atoms with van der Waals surface area (Å²) in [7, 11) is 13.3. The molecule has 5 heteroatoms. The van der Waals surface area contributed by atoms with E-state index < -0.39 is 11.0 Å². The number of benzene rings is 1. The molecule has 1 aliphatic heterocycles. The Morgan fingerprint density at radius 2 is 1.72 bits per heavy atom. The average molecular weight is 372 g/mol. The first kappa shape index (κ1) is 14.7. The Morgan fingerprint density at radius 1 is 1.11 bits per heavy atom. The molecule has 2 rings (SSSR count). The van der Waals surface area contributed by atoms with Gasteiger partial charge in [0.2, 0.25) is 0 Å². The summed E-state index contributed by atoms with van der Waals surface area (Å²) in [5.74, 6) is 0. The predicted octanol–water partition coefficient (Wildman–Crippen LogP) is 3.66. The van der Waals surface area contributed by atoms with E-state index >= 15 is 0 Å². The Balaban J connectivity index is 2.40. The predicted molar refractivity (Wildman–Crippen MR) is 84.1 cm³/mol. The monoisotopic (exact) mass is 371 g/mol. The Morgan fingerprint density at radius 3 is 2.28 bits per heavy atom. The Labute approximate surface area is 124 Å². The number of hydrogen-bond donors (Lipinski definition) is 0. The molecule has 1 aromatic carbocycles. The van der Waals surface area contributed by atoms with Crippen molar-refractivity contribution >= 4 is 52.3 Å². The molecule has 0 unspecified atom stereocenters. The summed E-state index contributed by atoms with van der Waals surface area (Å²) >= 11 is 3.68. The van der Waals surface area contributed by atoms with Gasteiger partial charge < -0.3 is 0 Å². The van der Waals surface area contributed by atoms with Gasteiger partial charge in [-0.25, -0.2) is 0 Å². The zero-order valence-corrected chi connectivity index (χ0v) is 14.4. The van der Waals surface area contributed by atoms with Crippen LogP contribution < -0.4 is 4.46 Å². The fraction of sp³-hybridized carbons (Fsp3) is 0.385. The molecule has 0 aliphatic carbocycles. The summed E-state index contributed by atoms with van der Waals surface area (Å²) < 4.78 is 2.09. The van der Waals surface area contributed by atoms with E-state index in [0.717, 1.165) is 39.2 Å². The number of likely N-dealkylation sites (N-methyl/N-ethyl adjacent to an activating group) is 1. The molecule has 0 spiro atoms. The van der Waals surface area contributed by atoms with E-state index in [4.69, 9.17) is 31.8 Å². The van der Waals surface area contributed by atoms with E-state index in [1.165, 1.54) is 0 Å². The molecule has 0 atom stereocenters. The Kier molecular flexibility index (Phi) is 4.70. The van der Waals surface area contributed by atoms with Gasteiger partial charge in [0.15, 0.2) is 0 Å². The Hall–Kier alpha value is 0.309. The molecule has 0 radical (unpaired) electrons. The molecule has 0 N–H and O–H groups in total. The van der Waals surface area contributed by atoms with Gasteiger partial charge in [0, 0.05) is 0 Å². The maximum absolute atomic E-state index is 6.67. The molecule has 0 bridgehead atoms. The van der Waals surface area contributed by atoms with Crippen LogP contribution in [0.25, 0.3) is 5.03 Å². The van der Waals surface area contributed by atoms with E-state index in [1.807, 2.05) is 24.3 Å². The summed E-state index contributed by atoms with van der Waals surface area (Å²) in [6.45, 7) is 6.98. The summed E-state index contributed by atoms with van der Waals surface area (Å²) in [6.07, 6.45) is 0.